The lowest BCUT2D eigenvalue weighted by Gasteiger charge is -2.09. The van der Waals surface area contributed by atoms with Crippen LogP contribution in [0, 0.1) is 0 Å². The van der Waals surface area contributed by atoms with E-state index in [9.17, 15) is 13.2 Å². The van der Waals surface area contributed by atoms with Gasteiger partial charge in [0, 0.05) is 23.9 Å². The summed E-state index contributed by atoms with van der Waals surface area (Å²) in [6.45, 7) is 3.52. The summed E-state index contributed by atoms with van der Waals surface area (Å²) in [5.74, 6) is 0.356. The second-order valence-corrected chi connectivity index (χ2v) is 7.61. The molecule has 0 aromatic heterocycles. The number of nitrogens with one attached hydrogen (secondary N) is 2. The van der Waals surface area contributed by atoms with Gasteiger partial charge in [-0.15, -0.1) is 0 Å². The van der Waals surface area contributed by atoms with Crippen LogP contribution in [0.15, 0.2) is 59.5 Å². The predicted octanol–water partition coefficient (Wildman–Crippen LogP) is 3.03. The number of carbonyl (C=O) groups is 1. The second kappa shape index (κ2) is 8.64. The zero-order valence-electron chi connectivity index (χ0n) is 14.9. The van der Waals surface area contributed by atoms with Crippen molar-refractivity contribution < 1.29 is 17.9 Å². The van der Waals surface area contributed by atoms with Gasteiger partial charge in [-0.25, -0.2) is 13.1 Å². The first-order valence-electron chi connectivity index (χ1n) is 8.05. The molecule has 0 saturated heterocycles. The molecule has 0 atom stereocenters. The summed E-state index contributed by atoms with van der Waals surface area (Å²) in [7, 11) is -1.96. The molecular formula is C19H22N2O4S. The summed E-state index contributed by atoms with van der Waals surface area (Å²) >= 11 is 0. The van der Waals surface area contributed by atoms with E-state index in [-0.39, 0.29) is 16.8 Å². The van der Waals surface area contributed by atoms with Gasteiger partial charge in [0.1, 0.15) is 5.75 Å². The molecule has 7 heteroatoms. The van der Waals surface area contributed by atoms with Gasteiger partial charge in [0.2, 0.25) is 15.9 Å². The SMILES string of the molecule is COc1cccc(NC(=O)/C=C/c2ccc(S(=O)(=O)NC(C)C)cc2)c1. The molecule has 0 aliphatic heterocycles. The highest BCUT2D eigenvalue weighted by Crippen LogP contribution is 2.17. The molecule has 0 saturated carbocycles. The van der Waals surface area contributed by atoms with Crippen molar-refractivity contribution >= 4 is 27.7 Å². The molecule has 0 aliphatic carbocycles. The molecule has 0 bridgehead atoms. The van der Waals surface area contributed by atoms with E-state index in [2.05, 4.69) is 10.0 Å². The number of hydrogen-bond donors (Lipinski definition) is 2. The van der Waals surface area contributed by atoms with Crippen LogP contribution in [0.2, 0.25) is 0 Å². The van der Waals surface area contributed by atoms with E-state index in [0.29, 0.717) is 17.0 Å². The van der Waals surface area contributed by atoms with E-state index in [1.165, 1.54) is 18.2 Å². The number of carbonyl (C=O) groups excluding carboxylic acids is 1. The molecule has 1 amide bonds. The molecule has 26 heavy (non-hydrogen) atoms. The Morgan fingerprint density at radius 2 is 1.81 bits per heavy atom. The number of benzene rings is 2. The van der Waals surface area contributed by atoms with Crippen molar-refractivity contribution in [1.29, 1.82) is 0 Å². The molecule has 2 rings (SSSR count). The summed E-state index contributed by atoms with van der Waals surface area (Å²) in [5.41, 5.74) is 1.34. The number of rotatable bonds is 7. The van der Waals surface area contributed by atoms with Crippen LogP contribution in [-0.2, 0) is 14.8 Å². The average Bonchev–Trinajstić information content (AvgIpc) is 2.59. The van der Waals surface area contributed by atoms with Crippen molar-refractivity contribution in [2.24, 2.45) is 0 Å². The summed E-state index contributed by atoms with van der Waals surface area (Å²) in [6.07, 6.45) is 3.00. The van der Waals surface area contributed by atoms with E-state index in [1.807, 2.05) is 0 Å². The van der Waals surface area contributed by atoms with Crippen LogP contribution >= 0.6 is 0 Å². The van der Waals surface area contributed by atoms with Gasteiger partial charge in [-0.3, -0.25) is 4.79 Å². The standard InChI is InChI=1S/C19H22N2O4S/c1-14(2)21-26(23,24)18-10-7-15(8-11-18)9-12-19(22)20-16-5-4-6-17(13-16)25-3/h4-14,21H,1-3H3,(H,20,22)/b12-9+. The third-order valence-electron chi connectivity index (χ3n) is 3.35. The summed E-state index contributed by atoms with van der Waals surface area (Å²) in [4.78, 5) is 12.2. The number of ether oxygens (including phenoxy) is 1. The smallest absolute Gasteiger partial charge is 0.248 e. The van der Waals surface area contributed by atoms with Gasteiger partial charge in [0.25, 0.3) is 0 Å². The predicted molar refractivity (Wildman–Crippen MR) is 103 cm³/mol. The third-order valence-corrected chi connectivity index (χ3v) is 5.02. The first-order valence-corrected chi connectivity index (χ1v) is 9.54. The zero-order valence-corrected chi connectivity index (χ0v) is 15.7. The molecule has 0 heterocycles. The van der Waals surface area contributed by atoms with E-state index < -0.39 is 10.0 Å². The first-order chi connectivity index (χ1) is 12.3. The highest BCUT2D eigenvalue weighted by atomic mass is 32.2. The van der Waals surface area contributed by atoms with E-state index in [4.69, 9.17) is 4.74 Å². The molecule has 0 spiro atoms. The van der Waals surface area contributed by atoms with Crippen molar-refractivity contribution in [3.05, 3.63) is 60.2 Å². The molecule has 0 fully saturated rings. The maximum Gasteiger partial charge on any atom is 0.248 e. The van der Waals surface area contributed by atoms with E-state index in [0.717, 1.165) is 0 Å². The topological polar surface area (TPSA) is 84.5 Å². The molecular weight excluding hydrogens is 352 g/mol. The summed E-state index contributed by atoms with van der Waals surface area (Å²) in [6, 6.07) is 13.2. The Labute approximate surface area is 153 Å². The van der Waals surface area contributed by atoms with Crippen molar-refractivity contribution in [3.8, 4) is 5.75 Å². The van der Waals surface area contributed by atoms with Crippen LogP contribution in [0.4, 0.5) is 5.69 Å². The Morgan fingerprint density at radius 3 is 2.42 bits per heavy atom. The van der Waals surface area contributed by atoms with Crippen LogP contribution < -0.4 is 14.8 Å². The van der Waals surface area contributed by atoms with Crippen LogP contribution in [0.1, 0.15) is 19.4 Å². The quantitative estimate of drug-likeness (QED) is 0.730. The third kappa shape index (κ3) is 5.72. The maximum atomic E-state index is 12.1. The molecule has 0 unspecified atom stereocenters. The zero-order chi connectivity index (χ0) is 19.2. The summed E-state index contributed by atoms with van der Waals surface area (Å²) in [5, 5.41) is 2.73. The largest absolute Gasteiger partial charge is 0.497 e. The van der Waals surface area contributed by atoms with Crippen LogP contribution in [0.25, 0.3) is 6.08 Å². The van der Waals surface area contributed by atoms with Gasteiger partial charge < -0.3 is 10.1 Å². The lowest BCUT2D eigenvalue weighted by Crippen LogP contribution is -2.30. The Hall–Kier alpha value is -2.64. The minimum Gasteiger partial charge on any atom is -0.497 e. The van der Waals surface area contributed by atoms with Crippen molar-refractivity contribution in [1.82, 2.24) is 4.72 Å². The number of amides is 1. The fraction of sp³-hybridized carbons (Fsp3) is 0.211. The van der Waals surface area contributed by atoms with Crippen LogP contribution in [0.5, 0.6) is 5.75 Å². The molecule has 2 N–H and O–H groups in total. The van der Waals surface area contributed by atoms with Crippen molar-refractivity contribution in [2.45, 2.75) is 24.8 Å². The molecule has 2 aromatic rings. The van der Waals surface area contributed by atoms with E-state index >= 15 is 0 Å². The lowest BCUT2D eigenvalue weighted by atomic mass is 10.2. The molecule has 0 radical (unpaired) electrons. The Kier molecular flexibility index (Phi) is 6.54. The fourth-order valence-corrected chi connectivity index (χ4v) is 3.44. The van der Waals surface area contributed by atoms with Gasteiger partial charge >= 0.3 is 0 Å². The van der Waals surface area contributed by atoms with Gasteiger partial charge in [0.15, 0.2) is 0 Å². The second-order valence-electron chi connectivity index (χ2n) is 5.90. The first kappa shape index (κ1) is 19.7. The minimum atomic E-state index is -3.52. The van der Waals surface area contributed by atoms with Gasteiger partial charge in [-0.2, -0.15) is 0 Å². The van der Waals surface area contributed by atoms with Gasteiger partial charge in [-0.05, 0) is 49.8 Å². The highest BCUT2D eigenvalue weighted by Gasteiger charge is 2.14. The number of hydrogen-bond acceptors (Lipinski definition) is 4. The fourth-order valence-electron chi connectivity index (χ4n) is 2.19. The Morgan fingerprint density at radius 1 is 1.12 bits per heavy atom. The molecule has 0 aliphatic rings. The maximum absolute atomic E-state index is 12.1. The Balaban J connectivity index is 2.02. The molecule has 6 nitrogen and oxygen atoms in total. The number of anilines is 1. The van der Waals surface area contributed by atoms with Crippen molar-refractivity contribution in [2.75, 3.05) is 12.4 Å². The Bertz CT molecular complexity index is 888. The molecule has 138 valence electrons. The number of methoxy groups -OCH3 is 1. The minimum absolute atomic E-state index is 0.181. The van der Waals surface area contributed by atoms with E-state index in [1.54, 1.807) is 63.4 Å². The molecule has 2 aromatic carbocycles. The van der Waals surface area contributed by atoms with Crippen molar-refractivity contribution in [3.63, 3.8) is 0 Å². The highest BCUT2D eigenvalue weighted by molar-refractivity contribution is 7.89. The monoisotopic (exact) mass is 374 g/mol. The summed E-state index contributed by atoms with van der Waals surface area (Å²) < 4.78 is 31.8. The lowest BCUT2D eigenvalue weighted by molar-refractivity contribution is -0.111. The van der Waals surface area contributed by atoms with Gasteiger partial charge in [-0.1, -0.05) is 18.2 Å². The van der Waals surface area contributed by atoms with Gasteiger partial charge in [0.05, 0.1) is 12.0 Å². The normalized spacial score (nSPS) is 11.7. The number of sulfonamides is 1. The van der Waals surface area contributed by atoms with Crippen LogP contribution in [-0.4, -0.2) is 27.5 Å². The average molecular weight is 374 g/mol. The van der Waals surface area contributed by atoms with Crippen LogP contribution in [0.3, 0.4) is 0 Å².